The maximum absolute atomic E-state index is 6.03. The van der Waals surface area contributed by atoms with Crippen LogP contribution in [0.5, 0.6) is 0 Å². The Morgan fingerprint density at radius 1 is 1.21 bits per heavy atom. The second kappa shape index (κ2) is 3.73. The number of nitrogens with zero attached hydrogens (tertiary/aromatic N) is 1. The van der Waals surface area contributed by atoms with Crippen molar-refractivity contribution in [3.63, 3.8) is 0 Å². The van der Waals surface area contributed by atoms with Crippen molar-refractivity contribution < 1.29 is 0 Å². The molecule has 2 rings (SSSR count). The number of hydrogen-bond donors (Lipinski definition) is 1. The normalized spacial score (nSPS) is 10.8. The highest BCUT2D eigenvalue weighted by atomic mass is 35.5. The second-order valence-electron chi connectivity index (χ2n) is 2.94. The van der Waals surface area contributed by atoms with Gasteiger partial charge in [0.1, 0.15) is 5.15 Å². The first kappa shape index (κ1) is 9.71. The highest BCUT2D eigenvalue weighted by Crippen LogP contribution is 2.28. The summed E-state index contributed by atoms with van der Waals surface area (Å²) >= 11 is 12.0. The van der Waals surface area contributed by atoms with E-state index in [9.17, 15) is 0 Å². The van der Waals surface area contributed by atoms with Crippen LogP contribution in [-0.2, 0) is 6.54 Å². The maximum atomic E-state index is 6.03. The largest absolute Gasteiger partial charge is 0.325 e. The van der Waals surface area contributed by atoms with Crippen LogP contribution in [0.3, 0.4) is 0 Å². The lowest BCUT2D eigenvalue weighted by Crippen LogP contribution is -1.99. The van der Waals surface area contributed by atoms with Crippen LogP contribution in [0.4, 0.5) is 0 Å². The van der Waals surface area contributed by atoms with Crippen LogP contribution in [0.2, 0.25) is 10.2 Å². The zero-order valence-electron chi connectivity index (χ0n) is 7.30. The van der Waals surface area contributed by atoms with Crippen molar-refractivity contribution in [2.45, 2.75) is 6.54 Å². The highest BCUT2D eigenvalue weighted by Gasteiger charge is 2.05. The molecular formula is C10H8Cl2N2. The Kier molecular flexibility index (Phi) is 2.59. The lowest BCUT2D eigenvalue weighted by atomic mass is 10.1. The number of fused-ring (bicyclic) bond motifs is 1. The minimum atomic E-state index is 0.362. The third-order valence-corrected chi connectivity index (χ3v) is 2.65. The van der Waals surface area contributed by atoms with Crippen LogP contribution in [0.15, 0.2) is 24.3 Å². The summed E-state index contributed by atoms with van der Waals surface area (Å²) in [6, 6.07) is 7.42. The SMILES string of the molecule is NCc1cc2c(Cl)cccc2c(Cl)n1. The zero-order chi connectivity index (χ0) is 10.1. The molecule has 0 unspecified atom stereocenters. The number of hydrogen-bond acceptors (Lipinski definition) is 2. The topological polar surface area (TPSA) is 38.9 Å². The number of halogens is 2. The van der Waals surface area contributed by atoms with Crippen molar-refractivity contribution in [2.24, 2.45) is 5.73 Å². The van der Waals surface area contributed by atoms with E-state index in [0.717, 1.165) is 16.5 Å². The molecule has 0 amide bonds. The van der Waals surface area contributed by atoms with E-state index in [1.807, 2.05) is 24.3 Å². The molecule has 2 nitrogen and oxygen atoms in total. The van der Waals surface area contributed by atoms with Crippen LogP contribution in [0.1, 0.15) is 5.69 Å². The molecule has 0 saturated heterocycles. The Morgan fingerprint density at radius 2 is 2.00 bits per heavy atom. The van der Waals surface area contributed by atoms with Crippen LogP contribution in [0.25, 0.3) is 10.8 Å². The summed E-state index contributed by atoms with van der Waals surface area (Å²) < 4.78 is 0. The molecule has 14 heavy (non-hydrogen) atoms. The van der Waals surface area contributed by atoms with E-state index in [4.69, 9.17) is 28.9 Å². The van der Waals surface area contributed by atoms with E-state index in [0.29, 0.717) is 16.7 Å². The Morgan fingerprint density at radius 3 is 2.71 bits per heavy atom. The minimum Gasteiger partial charge on any atom is -0.325 e. The van der Waals surface area contributed by atoms with Crippen molar-refractivity contribution in [2.75, 3.05) is 0 Å². The maximum Gasteiger partial charge on any atom is 0.137 e. The van der Waals surface area contributed by atoms with Crippen molar-refractivity contribution in [3.8, 4) is 0 Å². The second-order valence-corrected chi connectivity index (χ2v) is 3.71. The van der Waals surface area contributed by atoms with Crippen molar-refractivity contribution >= 4 is 34.0 Å². The van der Waals surface area contributed by atoms with Gasteiger partial charge in [-0.05, 0) is 12.1 Å². The van der Waals surface area contributed by atoms with Gasteiger partial charge in [0.05, 0.1) is 5.69 Å². The average molecular weight is 227 g/mol. The van der Waals surface area contributed by atoms with E-state index in [2.05, 4.69) is 4.98 Å². The molecule has 0 aliphatic heterocycles. The molecule has 0 radical (unpaired) electrons. The van der Waals surface area contributed by atoms with Gasteiger partial charge in [0.2, 0.25) is 0 Å². The molecule has 0 aliphatic rings. The molecule has 0 spiro atoms. The Hall–Kier alpha value is -0.830. The minimum absolute atomic E-state index is 0.362. The van der Waals surface area contributed by atoms with Crippen LogP contribution < -0.4 is 5.73 Å². The molecule has 1 aromatic heterocycles. The third-order valence-electron chi connectivity index (χ3n) is 2.04. The quantitative estimate of drug-likeness (QED) is 0.760. The molecule has 2 aromatic rings. The predicted octanol–water partition coefficient (Wildman–Crippen LogP) is 3.00. The third kappa shape index (κ3) is 1.57. The number of nitrogens with two attached hydrogens (primary N) is 1. The molecule has 72 valence electrons. The van der Waals surface area contributed by atoms with Gasteiger partial charge in [0, 0.05) is 22.3 Å². The molecule has 1 heterocycles. The number of rotatable bonds is 1. The lowest BCUT2D eigenvalue weighted by molar-refractivity contribution is 0.998. The van der Waals surface area contributed by atoms with Gasteiger partial charge in [-0.1, -0.05) is 35.3 Å². The number of benzene rings is 1. The molecule has 0 aliphatic carbocycles. The Bertz CT molecular complexity index is 483. The van der Waals surface area contributed by atoms with Crippen molar-refractivity contribution in [3.05, 3.63) is 40.1 Å². The molecule has 0 fully saturated rings. The first-order chi connectivity index (χ1) is 6.72. The van der Waals surface area contributed by atoms with E-state index in [1.165, 1.54) is 0 Å². The number of pyridine rings is 1. The first-order valence-electron chi connectivity index (χ1n) is 4.16. The summed E-state index contributed by atoms with van der Waals surface area (Å²) in [6.07, 6.45) is 0. The van der Waals surface area contributed by atoms with Gasteiger partial charge in [0.25, 0.3) is 0 Å². The summed E-state index contributed by atoms with van der Waals surface area (Å²) in [6.45, 7) is 0.362. The van der Waals surface area contributed by atoms with E-state index in [-0.39, 0.29) is 0 Å². The van der Waals surface area contributed by atoms with Crippen molar-refractivity contribution in [1.82, 2.24) is 4.98 Å². The molecular weight excluding hydrogens is 219 g/mol. The first-order valence-corrected chi connectivity index (χ1v) is 4.91. The fourth-order valence-electron chi connectivity index (χ4n) is 1.35. The molecule has 2 N–H and O–H groups in total. The molecule has 1 aromatic carbocycles. The Labute approximate surface area is 91.6 Å². The predicted molar refractivity (Wildman–Crippen MR) is 59.7 cm³/mol. The molecule has 4 heteroatoms. The highest BCUT2D eigenvalue weighted by molar-refractivity contribution is 6.39. The molecule has 0 atom stereocenters. The van der Waals surface area contributed by atoms with Gasteiger partial charge in [-0.2, -0.15) is 0 Å². The standard InChI is InChI=1S/C10H8Cl2N2/c11-9-3-1-2-7-8(9)4-6(5-13)14-10(7)12/h1-4H,5,13H2. The fraction of sp³-hybridized carbons (Fsp3) is 0.100. The number of aromatic nitrogens is 1. The zero-order valence-corrected chi connectivity index (χ0v) is 8.81. The molecule has 0 saturated carbocycles. The van der Waals surface area contributed by atoms with E-state index in [1.54, 1.807) is 0 Å². The van der Waals surface area contributed by atoms with Gasteiger partial charge in [-0.25, -0.2) is 4.98 Å². The van der Waals surface area contributed by atoms with Gasteiger partial charge in [-0.3, -0.25) is 0 Å². The smallest absolute Gasteiger partial charge is 0.137 e. The van der Waals surface area contributed by atoms with Gasteiger partial charge >= 0.3 is 0 Å². The molecule has 0 bridgehead atoms. The van der Waals surface area contributed by atoms with E-state index >= 15 is 0 Å². The van der Waals surface area contributed by atoms with Gasteiger partial charge < -0.3 is 5.73 Å². The van der Waals surface area contributed by atoms with Crippen LogP contribution >= 0.6 is 23.2 Å². The van der Waals surface area contributed by atoms with Crippen molar-refractivity contribution in [1.29, 1.82) is 0 Å². The van der Waals surface area contributed by atoms with E-state index < -0.39 is 0 Å². The lowest BCUT2D eigenvalue weighted by Gasteiger charge is -2.04. The average Bonchev–Trinajstić information content (AvgIpc) is 2.19. The van der Waals surface area contributed by atoms with Crippen LogP contribution in [-0.4, -0.2) is 4.98 Å². The summed E-state index contributed by atoms with van der Waals surface area (Å²) in [5, 5.41) is 2.87. The van der Waals surface area contributed by atoms with Gasteiger partial charge in [-0.15, -0.1) is 0 Å². The monoisotopic (exact) mass is 226 g/mol. The summed E-state index contributed by atoms with van der Waals surface area (Å²) in [4.78, 5) is 4.14. The summed E-state index contributed by atoms with van der Waals surface area (Å²) in [5.41, 5.74) is 6.24. The van der Waals surface area contributed by atoms with Crippen LogP contribution in [0, 0.1) is 0 Å². The summed E-state index contributed by atoms with van der Waals surface area (Å²) in [7, 11) is 0. The van der Waals surface area contributed by atoms with Gasteiger partial charge in [0.15, 0.2) is 0 Å². The fourth-order valence-corrected chi connectivity index (χ4v) is 1.86. The Balaban J connectivity index is 2.83. The summed E-state index contributed by atoms with van der Waals surface area (Å²) in [5.74, 6) is 0.